The van der Waals surface area contributed by atoms with Crippen LogP contribution in [0.4, 0.5) is 4.79 Å². The van der Waals surface area contributed by atoms with Gasteiger partial charge in [-0.2, -0.15) is 0 Å². The number of rotatable bonds is 1. The van der Waals surface area contributed by atoms with E-state index in [0.29, 0.717) is 6.54 Å². The molecule has 2 aromatic rings. The molecule has 2 aliphatic heterocycles. The van der Waals surface area contributed by atoms with Gasteiger partial charge in [0.2, 0.25) is 6.79 Å². The zero-order chi connectivity index (χ0) is 17.1. The Morgan fingerprint density at radius 1 is 1.28 bits per heavy atom. The van der Waals surface area contributed by atoms with E-state index in [1.807, 2.05) is 12.1 Å². The lowest BCUT2D eigenvalue weighted by molar-refractivity contribution is 0.173. The minimum Gasteiger partial charge on any atom is -0.497 e. The number of primary amides is 1. The predicted molar refractivity (Wildman–Crippen MR) is 91.0 cm³/mol. The molecular weight excluding hydrogens is 320 g/mol. The van der Waals surface area contributed by atoms with Crippen molar-refractivity contribution in [3.8, 4) is 28.4 Å². The molecule has 1 aliphatic carbocycles. The van der Waals surface area contributed by atoms with Crippen molar-refractivity contribution in [1.82, 2.24) is 4.90 Å². The normalized spacial score (nSPS) is 19.2. The van der Waals surface area contributed by atoms with Crippen molar-refractivity contribution in [3.05, 3.63) is 41.0 Å². The van der Waals surface area contributed by atoms with Gasteiger partial charge >= 0.3 is 6.03 Å². The van der Waals surface area contributed by atoms with Crippen molar-refractivity contribution >= 4 is 6.03 Å². The Morgan fingerprint density at radius 2 is 2.16 bits per heavy atom. The number of carbonyl (C=O) groups excluding carboxylic acids is 1. The standard InChI is InChI=1S/C19H18N2O4/c1-23-12-2-3-13-11(6-12)7-14-16-10(4-5-21(14)19(20)22)8-15-18(17(13)16)25-9-24-15/h2-3,6,8,14H,4-5,7,9H2,1H3,(H2,20,22). The number of benzene rings is 2. The SMILES string of the molecule is COc1ccc2c(c1)CC1c3c(cc4c(c3-2)OCO4)CCN1C(N)=O. The first-order valence-corrected chi connectivity index (χ1v) is 8.36. The van der Waals surface area contributed by atoms with Gasteiger partial charge in [0.05, 0.1) is 13.2 Å². The van der Waals surface area contributed by atoms with Gasteiger partial charge in [0.15, 0.2) is 11.5 Å². The molecule has 6 heteroatoms. The van der Waals surface area contributed by atoms with Crippen molar-refractivity contribution in [2.75, 3.05) is 20.4 Å². The third-order valence-corrected chi connectivity index (χ3v) is 5.40. The second-order valence-corrected chi connectivity index (χ2v) is 6.58. The smallest absolute Gasteiger partial charge is 0.315 e. The summed E-state index contributed by atoms with van der Waals surface area (Å²) in [5.41, 5.74) is 11.3. The molecule has 128 valence electrons. The van der Waals surface area contributed by atoms with Crippen LogP contribution in [0.1, 0.15) is 22.7 Å². The van der Waals surface area contributed by atoms with Gasteiger partial charge in [-0.25, -0.2) is 4.79 Å². The third kappa shape index (κ3) is 1.94. The Kier molecular flexibility index (Phi) is 2.92. The number of hydrogen-bond donors (Lipinski definition) is 1. The Hall–Kier alpha value is -2.89. The van der Waals surface area contributed by atoms with E-state index in [4.69, 9.17) is 19.9 Å². The van der Waals surface area contributed by atoms with Crippen LogP contribution in [-0.2, 0) is 12.8 Å². The molecule has 2 heterocycles. The topological polar surface area (TPSA) is 74.0 Å². The van der Waals surface area contributed by atoms with Crippen LogP contribution in [0.3, 0.4) is 0 Å². The molecule has 3 aliphatic rings. The van der Waals surface area contributed by atoms with E-state index >= 15 is 0 Å². The van der Waals surface area contributed by atoms with E-state index in [-0.39, 0.29) is 18.9 Å². The van der Waals surface area contributed by atoms with Gasteiger partial charge in [-0.1, -0.05) is 6.07 Å². The summed E-state index contributed by atoms with van der Waals surface area (Å²) in [6.45, 7) is 0.840. The zero-order valence-corrected chi connectivity index (χ0v) is 13.9. The molecule has 1 unspecified atom stereocenters. The van der Waals surface area contributed by atoms with Crippen molar-refractivity contribution in [2.24, 2.45) is 5.73 Å². The number of carbonyl (C=O) groups is 1. The maximum Gasteiger partial charge on any atom is 0.315 e. The van der Waals surface area contributed by atoms with Crippen LogP contribution in [0.5, 0.6) is 17.2 Å². The first kappa shape index (κ1) is 14.5. The molecular formula is C19H18N2O4. The number of fused-ring (bicyclic) bond motifs is 4. The number of amides is 2. The van der Waals surface area contributed by atoms with E-state index < -0.39 is 0 Å². The van der Waals surface area contributed by atoms with Crippen LogP contribution in [0, 0.1) is 0 Å². The Balaban J connectivity index is 1.81. The third-order valence-electron chi connectivity index (χ3n) is 5.40. The molecule has 0 radical (unpaired) electrons. The molecule has 2 amide bonds. The summed E-state index contributed by atoms with van der Waals surface area (Å²) in [5.74, 6) is 2.35. The number of nitrogens with zero attached hydrogens (tertiary/aromatic N) is 1. The molecule has 0 aromatic heterocycles. The van der Waals surface area contributed by atoms with Crippen molar-refractivity contribution in [1.29, 1.82) is 0 Å². The van der Waals surface area contributed by atoms with Gasteiger partial charge in [0.1, 0.15) is 5.75 Å². The molecule has 2 aromatic carbocycles. The minimum absolute atomic E-state index is 0.0784. The molecule has 0 fully saturated rings. The fourth-order valence-corrected chi connectivity index (χ4v) is 4.31. The van der Waals surface area contributed by atoms with E-state index in [1.165, 1.54) is 5.56 Å². The van der Waals surface area contributed by atoms with Crippen LogP contribution in [0.15, 0.2) is 24.3 Å². The quantitative estimate of drug-likeness (QED) is 0.867. The molecule has 2 N–H and O–H groups in total. The summed E-state index contributed by atoms with van der Waals surface area (Å²) in [6, 6.07) is 7.64. The van der Waals surface area contributed by atoms with Crippen molar-refractivity contribution in [3.63, 3.8) is 0 Å². The summed E-state index contributed by atoms with van der Waals surface area (Å²) in [7, 11) is 1.65. The highest BCUT2D eigenvalue weighted by molar-refractivity contribution is 5.85. The number of hydrogen-bond acceptors (Lipinski definition) is 4. The largest absolute Gasteiger partial charge is 0.497 e. The van der Waals surface area contributed by atoms with Gasteiger partial charge in [-0.15, -0.1) is 0 Å². The highest BCUT2D eigenvalue weighted by atomic mass is 16.7. The summed E-state index contributed by atoms with van der Waals surface area (Å²) in [6.07, 6.45) is 1.49. The van der Waals surface area contributed by atoms with Gasteiger partial charge in [0.25, 0.3) is 0 Å². The fourth-order valence-electron chi connectivity index (χ4n) is 4.31. The molecule has 6 nitrogen and oxygen atoms in total. The van der Waals surface area contributed by atoms with Gasteiger partial charge in [0, 0.05) is 12.1 Å². The van der Waals surface area contributed by atoms with Crippen LogP contribution in [0.25, 0.3) is 11.1 Å². The maximum atomic E-state index is 12.0. The number of ether oxygens (including phenoxy) is 3. The van der Waals surface area contributed by atoms with Crippen molar-refractivity contribution < 1.29 is 19.0 Å². The monoisotopic (exact) mass is 338 g/mol. The Bertz CT molecular complexity index is 909. The van der Waals surface area contributed by atoms with Gasteiger partial charge in [-0.05, 0) is 53.3 Å². The highest BCUT2D eigenvalue weighted by Crippen LogP contribution is 2.54. The fraction of sp³-hybridized carbons (Fsp3) is 0.316. The molecule has 25 heavy (non-hydrogen) atoms. The van der Waals surface area contributed by atoms with Crippen LogP contribution < -0.4 is 19.9 Å². The maximum absolute atomic E-state index is 12.0. The first-order valence-electron chi connectivity index (χ1n) is 8.36. The summed E-state index contributed by atoms with van der Waals surface area (Å²) >= 11 is 0. The second kappa shape index (κ2) is 5.05. The Morgan fingerprint density at radius 3 is 2.96 bits per heavy atom. The number of methoxy groups -OCH3 is 1. The summed E-state index contributed by atoms with van der Waals surface area (Å²) < 4.78 is 16.8. The lowest BCUT2D eigenvalue weighted by atomic mass is 9.76. The van der Waals surface area contributed by atoms with Crippen LogP contribution >= 0.6 is 0 Å². The van der Waals surface area contributed by atoms with E-state index in [0.717, 1.165) is 52.3 Å². The molecule has 5 rings (SSSR count). The second-order valence-electron chi connectivity index (χ2n) is 6.58. The lowest BCUT2D eigenvalue weighted by Crippen LogP contribution is -2.45. The average Bonchev–Trinajstić information content (AvgIpc) is 3.09. The summed E-state index contributed by atoms with van der Waals surface area (Å²) in [4.78, 5) is 13.8. The molecule has 0 bridgehead atoms. The molecule has 0 spiro atoms. The predicted octanol–water partition coefficient (Wildman–Crippen LogP) is 2.62. The highest BCUT2D eigenvalue weighted by Gasteiger charge is 2.39. The molecule has 0 saturated carbocycles. The zero-order valence-electron chi connectivity index (χ0n) is 13.9. The van der Waals surface area contributed by atoms with Crippen LogP contribution in [-0.4, -0.2) is 31.4 Å². The molecule has 1 atom stereocenters. The average molecular weight is 338 g/mol. The Labute approximate surface area is 145 Å². The number of urea groups is 1. The van der Waals surface area contributed by atoms with Gasteiger partial charge < -0.3 is 24.8 Å². The molecule has 0 saturated heterocycles. The first-order chi connectivity index (χ1) is 12.2. The van der Waals surface area contributed by atoms with Crippen molar-refractivity contribution in [2.45, 2.75) is 18.9 Å². The minimum atomic E-state index is -0.384. The van der Waals surface area contributed by atoms with E-state index in [9.17, 15) is 4.79 Å². The van der Waals surface area contributed by atoms with E-state index in [1.54, 1.807) is 12.0 Å². The van der Waals surface area contributed by atoms with Crippen LogP contribution in [0.2, 0.25) is 0 Å². The van der Waals surface area contributed by atoms with E-state index in [2.05, 4.69) is 12.1 Å². The number of nitrogens with two attached hydrogens (primary N) is 1. The van der Waals surface area contributed by atoms with Gasteiger partial charge in [-0.3, -0.25) is 0 Å². The lowest BCUT2D eigenvalue weighted by Gasteiger charge is -2.41. The summed E-state index contributed by atoms with van der Waals surface area (Å²) in [5, 5.41) is 0.